The molecule has 1 aliphatic carbocycles. The molecule has 0 bridgehead atoms. The minimum atomic E-state index is -0.125. The lowest BCUT2D eigenvalue weighted by Crippen LogP contribution is -2.33. The van der Waals surface area contributed by atoms with E-state index in [4.69, 9.17) is 5.73 Å². The van der Waals surface area contributed by atoms with Gasteiger partial charge in [-0.1, -0.05) is 31.4 Å². The molecule has 1 saturated carbocycles. The van der Waals surface area contributed by atoms with Crippen molar-refractivity contribution in [2.75, 3.05) is 11.9 Å². The third kappa shape index (κ3) is 4.56. The topological polar surface area (TPSA) is 67.1 Å². The van der Waals surface area contributed by atoms with Crippen molar-refractivity contribution in [2.24, 2.45) is 11.7 Å². The molecule has 4 heteroatoms. The summed E-state index contributed by atoms with van der Waals surface area (Å²) in [5, 5.41) is 5.81. The zero-order chi connectivity index (χ0) is 13.5. The van der Waals surface area contributed by atoms with Crippen LogP contribution in [0.1, 0.15) is 37.7 Å². The van der Waals surface area contributed by atoms with Gasteiger partial charge in [0, 0.05) is 18.8 Å². The molecule has 0 aromatic heterocycles. The Balaban J connectivity index is 1.76. The molecule has 1 fully saturated rings. The van der Waals surface area contributed by atoms with E-state index in [0.29, 0.717) is 12.5 Å². The van der Waals surface area contributed by atoms with Gasteiger partial charge in [0.05, 0.1) is 0 Å². The number of hydrogen-bond acceptors (Lipinski definition) is 2. The van der Waals surface area contributed by atoms with Crippen LogP contribution in [-0.2, 0) is 6.54 Å². The number of hydrogen-bond donors (Lipinski definition) is 3. The molecule has 0 saturated heterocycles. The van der Waals surface area contributed by atoms with Gasteiger partial charge in [-0.05, 0) is 36.5 Å². The van der Waals surface area contributed by atoms with Gasteiger partial charge in [-0.25, -0.2) is 4.79 Å². The van der Waals surface area contributed by atoms with Crippen LogP contribution in [0.5, 0.6) is 0 Å². The van der Waals surface area contributed by atoms with Gasteiger partial charge in [0.25, 0.3) is 0 Å². The first-order valence-electron chi connectivity index (χ1n) is 7.12. The first-order chi connectivity index (χ1) is 9.28. The fraction of sp³-hybridized carbons (Fsp3) is 0.533. The van der Waals surface area contributed by atoms with Crippen LogP contribution in [0.25, 0.3) is 0 Å². The maximum absolute atomic E-state index is 11.8. The van der Waals surface area contributed by atoms with Gasteiger partial charge in [-0.15, -0.1) is 0 Å². The molecule has 0 spiro atoms. The number of anilines is 1. The molecule has 2 amide bonds. The number of carbonyl (C=O) groups is 1. The quantitative estimate of drug-likeness (QED) is 0.780. The Hall–Kier alpha value is -1.55. The molecule has 0 aliphatic heterocycles. The van der Waals surface area contributed by atoms with Crippen molar-refractivity contribution in [3.63, 3.8) is 0 Å². The first kappa shape index (κ1) is 13.9. The number of nitrogens with two attached hydrogens (primary N) is 1. The summed E-state index contributed by atoms with van der Waals surface area (Å²) in [6.45, 7) is 1.27. The summed E-state index contributed by atoms with van der Waals surface area (Å²) in [7, 11) is 0. The number of benzene rings is 1. The van der Waals surface area contributed by atoms with E-state index in [0.717, 1.165) is 17.8 Å². The molecule has 0 heterocycles. The van der Waals surface area contributed by atoms with Gasteiger partial charge >= 0.3 is 6.03 Å². The van der Waals surface area contributed by atoms with E-state index in [9.17, 15) is 4.79 Å². The Kier molecular flexibility index (Phi) is 5.21. The van der Waals surface area contributed by atoms with Crippen LogP contribution >= 0.6 is 0 Å². The average Bonchev–Trinajstić information content (AvgIpc) is 2.46. The molecule has 19 heavy (non-hydrogen) atoms. The highest BCUT2D eigenvalue weighted by molar-refractivity contribution is 5.89. The van der Waals surface area contributed by atoms with E-state index in [1.54, 1.807) is 0 Å². The van der Waals surface area contributed by atoms with E-state index < -0.39 is 0 Å². The molecule has 4 nitrogen and oxygen atoms in total. The van der Waals surface area contributed by atoms with Gasteiger partial charge in [0.2, 0.25) is 0 Å². The second-order valence-electron chi connectivity index (χ2n) is 5.24. The predicted octanol–water partition coefficient (Wildman–Crippen LogP) is 2.85. The van der Waals surface area contributed by atoms with Crippen LogP contribution in [-0.4, -0.2) is 12.6 Å². The van der Waals surface area contributed by atoms with Crippen LogP contribution in [0.2, 0.25) is 0 Å². The third-order valence-corrected chi connectivity index (χ3v) is 3.70. The van der Waals surface area contributed by atoms with Crippen LogP contribution in [0.3, 0.4) is 0 Å². The maximum atomic E-state index is 11.8. The van der Waals surface area contributed by atoms with Crippen LogP contribution in [0.15, 0.2) is 24.3 Å². The molecule has 2 rings (SSSR count). The van der Waals surface area contributed by atoms with Gasteiger partial charge in [0.15, 0.2) is 0 Å². The molecule has 0 unspecified atom stereocenters. The minimum Gasteiger partial charge on any atom is -0.338 e. The zero-order valence-electron chi connectivity index (χ0n) is 11.3. The average molecular weight is 261 g/mol. The fourth-order valence-electron chi connectivity index (χ4n) is 2.58. The van der Waals surface area contributed by atoms with Gasteiger partial charge in [-0.3, -0.25) is 0 Å². The monoisotopic (exact) mass is 261 g/mol. The van der Waals surface area contributed by atoms with Crippen molar-refractivity contribution in [1.82, 2.24) is 5.32 Å². The zero-order valence-corrected chi connectivity index (χ0v) is 11.3. The van der Waals surface area contributed by atoms with E-state index in [1.165, 1.54) is 32.1 Å². The summed E-state index contributed by atoms with van der Waals surface area (Å²) < 4.78 is 0. The maximum Gasteiger partial charge on any atom is 0.319 e. The van der Waals surface area contributed by atoms with Crippen LogP contribution in [0.4, 0.5) is 10.5 Å². The SMILES string of the molecule is NCc1cccc(NC(=O)NCC2CCCCC2)c1. The fourth-order valence-corrected chi connectivity index (χ4v) is 2.58. The first-order valence-corrected chi connectivity index (χ1v) is 7.12. The lowest BCUT2D eigenvalue weighted by atomic mass is 9.89. The van der Waals surface area contributed by atoms with Crippen molar-refractivity contribution in [1.29, 1.82) is 0 Å². The van der Waals surface area contributed by atoms with Crippen molar-refractivity contribution in [3.05, 3.63) is 29.8 Å². The number of amides is 2. The van der Waals surface area contributed by atoms with Crippen molar-refractivity contribution in [3.8, 4) is 0 Å². The Morgan fingerprint density at radius 1 is 1.26 bits per heavy atom. The Morgan fingerprint density at radius 2 is 2.05 bits per heavy atom. The molecular formula is C15H23N3O. The van der Waals surface area contributed by atoms with Crippen molar-refractivity contribution >= 4 is 11.7 Å². The molecule has 1 aromatic carbocycles. The summed E-state index contributed by atoms with van der Waals surface area (Å²) in [5.74, 6) is 0.648. The number of urea groups is 1. The molecular weight excluding hydrogens is 238 g/mol. The normalized spacial score (nSPS) is 16.1. The molecule has 0 atom stereocenters. The lowest BCUT2D eigenvalue weighted by molar-refractivity contribution is 0.247. The number of nitrogens with one attached hydrogen (secondary N) is 2. The van der Waals surface area contributed by atoms with Crippen molar-refractivity contribution in [2.45, 2.75) is 38.6 Å². The summed E-state index contributed by atoms with van der Waals surface area (Å²) in [6.07, 6.45) is 6.42. The largest absolute Gasteiger partial charge is 0.338 e. The van der Waals surface area contributed by atoms with Crippen LogP contribution < -0.4 is 16.4 Å². The lowest BCUT2D eigenvalue weighted by Gasteiger charge is -2.21. The summed E-state index contributed by atoms with van der Waals surface area (Å²) in [4.78, 5) is 11.8. The molecule has 1 aromatic rings. The standard InChI is InChI=1S/C15H23N3O/c16-10-13-7-4-8-14(9-13)18-15(19)17-11-12-5-2-1-3-6-12/h4,7-9,12H,1-3,5-6,10-11,16H2,(H2,17,18,19). The molecule has 4 N–H and O–H groups in total. The van der Waals surface area contributed by atoms with E-state index in [2.05, 4.69) is 10.6 Å². The van der Waals surface area contributed by atoms with Gasteiger partial charge < -0.3 is 16.4 Å². The highest BCUT2D eigenvalue weighted by atomic mass is 16.2. The highest BCUT2D eigenvalue weighted by Crippen LogP contribution is 2.22. The van der Waals surface area contributed by atoms with Crippen LogP contribution in [0, 0.1) is 5.92 Å². The smallest absolute Gasteiger partial charge is 0.319 e. The van der Waals surface area contributed by atoms with E-state index in [1.807, 2.05) is 24.3 Å². The van der Waals surface area contributed by atoms with Gasteiger partial charge in [0.1, 0.15) is 0 Å². The molecule has 0 radical (unpaired) electrons. The van der Waals surface area contributed by atoms with E-state index in [-0.39, 0.29) is 6.03 Å². The molecule has 104 valence electrons. The number of rotatable bonds is 4. The Bertz CT molecular complexity index is 414. The predicted molar refractivity (Wildman–Crippen MR) is 77.9 cm³/mol. The molecule has 1 aliphatic rings. The Morgan fingerprint density at radius 3 is 2.79 bits per heavy atom. The Labute approximate surface area is 114 Å². The van der Waals surface area contributed by atoms with Crippen molar-refractivity contribution < 1.29 is 4.79 Å². The summed E-state index contributed by atoms with van der Waals surface area (Å²) >= 11 is 0. The minimum absolute atomic E-state index is 0.125. The second kappa shape index (κ2) is 7.14. The third-order valence-electron chi connectivity index (χ3n) is 3.70. The summed E-state index contributed by atoms with van der Waals surface area (Å²) in [6, 6.07) is 7.50. The highest BCUT2D eigenvalue weighted by Gasteiger charge is 2.14. The van der Waals surface area contributed by atoms with Gasteiger partial charge in [-0.2, -0.15) is 0 Å². The number of carbonyl (C=O) groups excluding carboxylic acids is 1. The second-order valence-corrected chi connectivity index (χ2v) is 5.24. The van der Waals surface area contributed by atoms with E-state index >= 15 is 0 Å². The summed E-state index contributed by atoms with van der Waals surface area (Å²) in [5.41, 5.74) is 7.39.